The van der Waals surface area contributed by atoms with E-state index in [0.29, 0.717) is 12.1 Å². The Balaban J connectivity index is 1.72. The number of benzene rings is 1. The van der Waals surface area contributed by atoms with Crippen LogP contribution in [0.25, 0.3) is 11.1 Å². The molecule has 3 rings (SSSR count). The molecule has 0 bridgehead atoms. The maximum Gasteiger partial charge on any atom is 0.419 e. The van der Waals surface area contributed by atoms with Crippen LogP contribution in [-0.2, 0) is 13.1 Å². The molecule has 1 aromatic carbocycles. The average Bonchev–Trinajstić information content (AvgIpc) is 3.12. The summed E-state index contributed by atoms with van der Waals surface area (Å²) >= 11 is 1.79. The number of hydrogen-bond donors (Lipinski definition) is 1. The molecule has 0 saturated heterocycles. The molecule has 3 aromatic rings. The molecule has 0 fully saturated rings. The number of aryl methyl sites for hydroxylation is 1. The van der Waals surface area contributed by atoms with Gasteiger partial charge in [0.2, 0.25) is 0 Å². The van der Waals surface area contributed by atoms with Crippen molar-refractivity contribution < 1.29 is 9.52 Å². The highest BCUT2D eigenvalue weighted by molar-refractivity contribution is 7.11. The lowest BCUT2D eigenvalue weighted by atomic mass is 10.3. The van der Waals surface area contributed by atoms with Crippen LogP contribution in [0.1, 0.15) is 16.2 Å². The lowest BCUT2D eigenvalue weighted by Gasteiger charge is -2.21. The Kier molecular flexibility index (Phi) is 5.50. The van der Waals surface area contributed by atoms with Crippen molar-refractivity contribution in [3.8, 4) is 0 Å². The quantitative estimate of drug-likeness (QED) is 0.681. The highest BCUT2D eigenvalue weighted by Gasteiger charge is 2.12. The summed E-state index contributed by atoms with van der Waals surface area (Å²) in [6.45, 7) is 5.23. The first-order valence-electron chi connectivity index (χ1n) is 8.14. The van der Waals surface area contributed by atoms with E-state index in [1.54, 1.807) is 15.9 Å². The molecule has 0 aliphatic carbocycles. The number of oxazole rings is 1. The molecule has 0 saturated carbocycles. The number of nitrogens with zero attached hydrogens (tertiary/aromatic N) is 2. The third-order valence-electron chi connectivity index (χ3n) is 4.02. The van der Waals surface area contributed by atoms with Gasteiger partial charge < -0.3 is 9.52 Å². The van der Waals surface area contributed by atoms with Gasteiger partial charge in [-0.2, -0.15) is 0 Å². The van der Waals surface area contributed by atoms with Gasteiger partial charge in [0.15, 0.2) is 5.58 Å². The molecular weight excluding hydrogens is 324 g/mol. The fourth-order valence-corrected chi connectivity index (χ4v) is 3.75. The maximum atomic E-state index is 12.1. The van der Waals surface area contributed by atoms with Crippen molar-refractivity contribution in [1.29, 1.82) is 0 Å². The smallest absolute Gasteiger partial charge is 0.408 e. The molecule has 5 nitrogen and oxygen atoms in total. The zero-order chi connectivity index (χ0) is 16.9. The van der Waals surface area contributed by atoms with E-state index in [2.05, 4.69) is 24.0 Å². The van der Waals surface area contributed by atoms with Crippen LogP contribution in [0.5, 0.6) is 0 Å². The van der Waals surface area contributed by atoms with Crippen molar-refractivity contribution in [2.24, 2.45) is 0 Å². The first-order valence-corrected chi connectivity index (χ1v) is 8.96. The van der Waals surface area contributed by atoms with Gasteiger partial charge in [-0.15, -0.1) is 11.3 Å². The molecule has 0 spiro atoms. The molecule has 0 unspecified atom stereocenters. The second-order valence-electron chi connectivity index (χ2n) is 5.85. The monoisotopic (exact) mass is 346 g/mol. The Morgan fingerprint density at radius 2 is 2.04 bits per heavy atom. The topological polar surface area (TPSA) is 58.6 Å². The first-order chi connectivity index (χ1) is 11.7. The number of rotatable bonds is 8. The fraction of sp³-hybridized carbons (Fsp3) is 0.389. The van der Waals surface area contributed by atoms with Crippen LogP contribution < -0.4 is 5.76 Å². The lowest BCUT2D eigenvalue weighted by molar-refractivity contribution is 0.213. The van der Waals surface area contributed by atoms with E-state index in [1.165, 1.54) is 9.75 Å². The van der Waals surface area contributed by atoms with E-state index in [9.17, 15) is 4.79 Å². The maximum absolute atomic E-state index is 12.1. The first kappa shape index (κ1) is 17.0. The van der Waals surface area contributed by atoms with E-state index in [1.807, 2.05) is 24.3 Å². The van der Waals surface area contributed by atoms with E-state index in [0.717, 1.165) is 31.6 Å². The Labute approximate surface area is 144 Å². The minimum Gasteiger partial charge on any atom is -0.408 e. The van der Waals surface area contributed by atoms with Gasteiger partial charge >= 0.3 is 5.76 Å². The summed E-state index contributed by atoms with van der Waals surface area (Å²) < 4.78 is 6.97. The second kappa shape index (κ2) is 7.79. The summed E-state index contributed by atoms with van der Waals surface area (Å²) in [4.78, 5) is 16.9. The van der Waals surface area contributed by atoms with Crippen LogP contribution in [0.3, 0.4) is 0 Å². The zero-order valence-electron chi connectivity index (χ0n) is 13.8. The Bertz CT molecular complexity index is 849. The average molecular weight is 346 g/mol. The van der Waals surface area contributed by atoms with Crippen LogP contribution in [-0.4, -0.2) is 34.3 Å². The molecule has 24 heavy (non-hydrogen) atoms. The largest absolute Gasteiger partial charge is 0.419 e. The molecule has 0 atom stereocenters. The molecule has 0 amide bonds. The number of hydrogen-bond acceptors (Lipinski definition) is 5. The minimum atomic E-state index is -0.315. The minimum absolute atomic E-state index is 0.175. The van der Waals surface area contributed by atoms with Gasteiger partial charge in [0.25, 0.3) is 0 Å². The predicted octanol–water partition coefficient (Wildman–Crippen LogP) is 2.85. The van der Waals surface area contributed by atoms with Gasteiger partial charge in [-0.05, 0) is 37.6 Å². The predicted molar refractivity (Wildman–Crippen MR) is 96.5 cm³/mol. The van der Waals surface area contributed by atoms with E-state index < -0.39 is 0 Å². The van der Waals surface area contributed by atoms with Crippen LogP contribution in [0.4, 0.5) is 0 Å². The van der Waals surface area contributed by atoms with Crippen LogP contribution in [0.15, 0.2) is 45.6 Å². The summed E-state index contributed by atoms with van der Waals surface area (Å²) in [6, 6.07) is 11.8. The summed E-state index contributed by atoms with van der Waals surface area (Å²) in [5.74, 6) is -0.315. The Morgan fingerprint density at radius 3 is 2.79 bits per heavy atom. The van der Waals surface area contributed by atoms with Gasteiger partial charge in [0, 0.05) is 42.5 Å². The summed E-state index contributed by atoms with van der Waals surface area (Å²) in [6.07, 6.45) is 0.728. The lowest BCUT2D eigenvalue weighted by Crippen LogP contribution is -2.30. The third kappa shape index (κ3) is 3.95. The summed E-state index contributed by atoms with van der Waals surface area (Å²) in [7, 11) is 0. The van der Waals surface area contributed by atoms with Gasteiger partial charge in [0.1, 0.15) is 0 Å². The number of thiophene rings is 1. The van der Waals surface area contributed by atoms with Gasteiger partial charge in [-0.25, -0.2) is 4.79 Å². The molecule has 128 valence electrons. The number of para-hydroxylation sites is 2. The molecule has 1 N–H and O–H groups in total. The van der Waals surface area contributed by atoms with Crippen LogP contribution >= 0.6 is 11.3 Å². The van der Waals surface area contributed by atoms with E-state index in [-0.39, 0.29) is 12.4 Å². The molecule has 2 aromatic heterocycles. The summed E-state index contributed by atoms with van der Waals surface area (Å²) in [5.41, 5.74) is 1.45. The van der Waals surface area contributed by atoms with Crippen molar-refractivity contribution in [2.45, 2.75) is 26.4 Å². The molecular formula is C18H22N2O3S. The van der Waals surface area contributed by atoms with E-state index >= 15 is 0 Å². The Hall–Kier alpha value is -1.89. The highest BCUT2D eigenvalue weighted by atomic mass is 32.1. The van der Waals surface area contributed by atoms with Gasteiger partial charge in [0.05, 0.1) is 5.52 Å². The number of fused-ring (bicyclic) bond motifs is 1. The highest BCUT2D eigenvalue weighted by Crippen LogP contribution is 2.18. The third-order valence-corrected chi connectivity index (χ3v) is 5.01. The normalized spacial score (nSPS) is 11.6. The molecule has 0 aliphatic heterocycles. The Morgan fingerprint density at radius 1 is 1.21 bits per heavy atom. The molecule has 0 radical (unpaired) electrons. The zero-order valence-corrected chi connectivity index (χ0v) is 14.6. The van der Waals surface area contributed by atoms with Crippen molar-refractivity contribution in [1.82, 2.24) is 9.47 Å². The number of aliphatic hydroxyl groups excluding tert-OH is 1. The van der Waals surface area contributed by atoms with Gasteiger partial charge in [-0.3, -0.25) is 9.47 Å². The van der Waals surface area contributed by atoms with Crippen molar-refractivity contribution >= 4 is 22.4 Å². The van der Waals surface area contributed by atoms with E-state index in [4.69, 9.17) is 9.52 Å². The van der Waals surface area contributed by atoms with Crippen LogP contribution in [0, 0.1) is 6.92 Å². The molecule has 6 heteroatoms. The van der Waals surface area contributed by atoms with Crippen molar-refractivity contribution in [3.05, 3.63) is 56.7 Å². The fourth-order valence-electron chi connectivity index (χ4n) is 2.82. The second-order valence-corrected chi connectivity index (χ2v) is 7.23. The van der Waals surface area contributed by atoms with Gasteiger partial charge in [-0.1, -0.05) is 12.1 Å². The SMILES string of the molecule is Cc1ccc(CN(CCCO)CCn2c(=O)oc3ccccc32)s1. The standard InChI is InChI=1S/C18H22N2O3S/c1-14-7-8-15(24-14)13-19(9-4-12-21)10-11-20-16-5-2-3-6-17(16)23-18(20)22/h2-3,5-8,21H,4,9-13H2,1H3. The van der Waals surface area contributed by atoms with Crippen molar-refractivity contribution in [2.75, 3.05) is 19.7 Å². The number of aromatic nitrogens is 1. The molecule has 2 heterocycles. The van der Waals surface area contributed by atoms with Crippen LogP contribution in [0.2, 0.25) is 0 Å². The van der Waals surface area contributed by atoms with Crippen molar-refractivity contribution in [3.63, 3.8) is 0 Å². The summed E-state index contributed by atoms with van der Waals surface area (Å²) in [5, 5.41) is 9.13. The molecule has 0 aliphatic rings. The number of aliphatic hydroxyl groups is 1.